The first-order valence-electron chi connectivity index (χ1n) is 7.55. The molecule has 3 heterocycles. The fraction of sp³-hybridized carbons (Fsp3) is 0.375. The van der Waals surface area contributed by atoms with E-state index in [-0.39, 0.29) is 11.6 Å². The standard InChI is InChI=1S/C16H18N4O3/c1-11-3-10-20(14(21)13(11)15(22)23)12-4-8-19(9-5-12)16-17-6-2-7-18-16/h2-3,6-7,10,12H,4-5,8-9H2,1H3,(H,22,23). The Labute approximate surface area is 133 Å². The van der Waals surface area contributed by atoms with Crippen LogP contribution in [-0.4, -0.2) is 38.7 Å². The summed E-state index contributed by atoms with van der Waals surface area (Å²) in [5, 5.41) is 9.22. The minimum Gasteiger partial charge on any atom is -0.477 e. The van der Waals surface area contributed by atoms with Crippen LogP contribution >= 0.6 is 0 Å². The Morgan fingerprint density at radius 1 is 1.26 bits per heavy atom. The lowest BCUT2D eigenvalue weighted by Crippen LogP contribution is -2.39. The predicted octanol–water partition coefficient (Wildman–Crippen LogP) is 1.49. The first-order valence-corrected chi connectivity index (χ1v) is 7.55. The number of hydrogen-bond acceptors (Lipinski definition) is 5. The molecule has 1 N–H and O–H groups in total. The Balaban J connectivity index is 1.80. The number of hydrogen-bond donors (Lipinski definition) is 1. The Morgan fingerprint density at radius 3 is 2.52 bits per heavy atom. The van der Waals surface area contributed by atoms with Crippen molar-refractivity contribution in [1.82, 2.24) is 14.5 Å². The van der Waals surface area contributed by atoms with E-state index in [0.717, 1.165) is 25.9 Å². The third-order valence-corrected chi connectivity index (χ3v) is 4.23. The van der Waals surface area contributed by atoms with E-state index in [1.54, 1.807) is 42.2 Å². The minimum atomic E-state index is -1.17. The largest absolute Gasteiger partial charge is 0.477 e. The molecular weight excluding hydrogens is 296 g/mol. The van der Waals surface area contributed by atoms with Crippen LogP contribution in [0, 0.1) is 6.92 Å². The Hall–Kier alpha value is -2.70. The quantitative estimate of drug-likeness (QED) is 0.923. The molecule has 120 valence electrons. The summed E-state index contributed by atoms with van der Waals surface area (Å²) in [6, 6.07) is 3.47. The molecular formula is C16H18N4O3. The molecule has 1 aliphatic rings. The van der Waals surface area contributed by atoms with Crippen LogP contribution < -0.4 is 10.5 Å². The van der Waals surface area contributed by atoms with E-state index in [9.17, 15) is 14.7 Å². The zero-order valence-corrected chi connectivity index (χ0v) is 12.8. The van der Waals surface area contributed by atoms with Crippen molar-refractivity contribution in [1.29, 1.82) is 0 Å². The van der Waals surface area contributed by atoms with Crippen molar-refractivity contribution in [2.45, 2.75) is 25.8 Å². The number of aromatic carboxylic acids is 1. The number of aryl methyl sites for hydroxylation is 1. The number of nitrogens with zero attached hydrogens (tertiary/aromatic N) is 4. The van der Waals surface area contributed by atoms with Gasteiger partial charge in [0.25, 0.3) is 5.56 Å². The van der Waals surface area contributed by atoms with Crippen LogP contribution in [0.3, 0.4) is 0 Å². The van der Waals surface area contributed by atoms with Crippen molar-refractivity contribution in [3.8, 4) is 0 Å². The van der Waals surface area contributed by atoms with Gasteiger partial charge in [0, 0.05) is 37.7 Å². The van der Waals surface area contributed by atoms with Crippen LogP contribution in [-0.2, 0) is 0 Å². The van der Waals surface area contributed by atoms with Crippen LogP contribution in [0.4, 0.5) is 5.95 Å². The molecule has 0 atom stereocenters. The van der Waals surface area contributed by atoms with Crippen molar-refractivity contribution in [3.63, 3.8) is 0 Å². The van der Waals surface area contributed by atoms with Crippen LogP contribution in [0.2, 0.25) is 0 Å². The molecule has 7 heteroatoms. The predicted molar refractivity (Wildman–Crippen MR) is 84.9 cm³/mol. The molecule has 0 bridgehead atoms. The lowest BCUT2D eigenvalue weighted by atomic mass is 10.0. The average molecular weight is 314 g/mol. The summed E-state index contributed by atoms with van der Waals surface area (Å²) in [6.07, 6.45) is 6.61. The molecule has 0 radical (unpaired) electrons. The second-order valence-corrected chi connectivity index (χ2v) is 5.66. The maximum atomic E-state index is 12.4. The van der Waals surface area contributed by atoms with Gasteiger partial charge in [-0.25, -0.2) is 14.8 Å². The Morgan fingerprint density at radius 2 is 1.91 bits per heavy atom. The fourth-order valence-corrected chi connectivity index (χ4v) is 2.99. The molecule has 1 fully saturated rings. The van der Waals surface area contributed by atoms with Crippen LogP contribution in [0.15, 0.2) is 35.5 Å². The highest BCUT2D eigenvalue weighted by Gasteiger charge is 2.24. The second-order valence-electron chi connectivity index (χ2n) is 5.66. The molecule has 1 saturated heterocycles. The molecule has 0 unspecified atom stereocenters. The molecule has 23 heavy (non-hydrogen) atoms. The summed E-state index contributed by atoms with van der Waals surface area (Å²) in [7, 11) is 0. The van der Waals surface area contributed by atoms with Crippen molar-refractivity contribution >= 4 is 11.9 Å². The number of carbonyl (C=O) groups is 1. The van der Waals surface area contributed by atoms with Crippen molar-refractivity contribution in [2.24, 2.45) is 0 Å². The number of anilines is 1. The van der Waals surface area contributed by atoms with Crippen LogP contribution in [0.1, 0.15) is 34.8 Å². The molecule has 0 amide bonds. The molecule has 7 nitrogen and oxygen atoms in total. The van der Waals surface area contributed by atoms with Gasteiger partial charge < -0.3 is 14.6 Å². The fourth-order valence-electron chi connectivity index (χ4n) is 2.99. The molecule has 0 aromatic carbocycles. The van der Waals surface area contributed by atoms with Gasteiger partial charge in [0.1, 0.15) is 5.56 Å². The molecule has 0 saturated carbocycles. The number of aromatic nitrogens is 3. The van der Waals surface area contributed by atoms with Crippen molar-refractivity contribution in [3.05, 3.63) is 52.2 Å². The zero-order chi connectivity index (χ0) is 16.4. The van der Waals surface area contributed by atoms with E-state index < -0.39 is 11.5 Å². The highest BCUT2D eigenvalue weighted by molar-refractivity contribution is 5.88. The summed E-state index contributed by atoms with van der Waals surface area (Å²) in [5.74, 6) is -0.481. The average Bonchev–Trinajstić information content (AvgIpc) is 2.56. The van der Waals surface area contributed by atoms with E-state index in [0.29, 0.717) is 11.5 Å². The zero-order valence-electron chi connectivity index (χ0n) is 12.8. The van der Waals surface area contributed by atoms with Gasteiger partial charge in [0.05, 0.1) is 0 Å². The van der Waals surface area contributed by atoms with Gasteiger partial charge in [-0.2, -0.15) is 0 Å². The molecule has 2 aromatic rings. The van der Waals surface area contributed by atoms with E-state index >= 15 is 0 Å². The number of carboxylic acids is 1. The van der Waals surface area contributed by atoms with Crippen molar-refractivity contribution in [2.75, 3.05) is 18.0 Å². The summed E-state index contributed by atoms with van der Waals surface area (Å²) >= 11 is 0. The molecule has 3 rings (SSSR count). The van der Waals surface area contributed by atoms with Gasteiger partial charge in [0.2, 0.25) is 5.95 Å². The Kier molecular flexibility index (Phi) is 4.10. The summed E-state index contributed by atoms with van der Waals surface area (Å²) < 4.78 is 1.56. The van der Waals surface area contributed by atoms with Gasteiger partial charge in [-0.1, -0.05) is 0 Å². The van der Waals surface area contributed by atoms with Gasteiger partial charge >= 0.3 is 5.97 Å². The minimum absolute atomic E-state index is 0.00108. The SMILES string of the molecule is Cc1ccn(C2CCN(c3ncccn3)CC2)c(=O)c1C(=O)O. The van der Waals surface area contributed by atoms with E-state index in [1.807, 2.05) is 0 Å². The van der Waals surface area contributed by atoms with Gasteiger partial charge in [-0.05, 0) is 37.5 Å². The molecule has 0 spiro atoms. The van der Waals surface area contributed by atoms with E-state index in [2.05, 4.69) is 14.9 Å². The third-order valence-electron chi connectivity index (χ3n) is 4.23. The molecule has 0 aliphatic carbocycles. The second kappa shape index (κ2) is 6.20. The van der Waals surface area contributed by atoms with Crippen LogP contribution in [0.5, 0.6) is 0 Å². The lowest BCUT2D eigenvalue weighted by Gasteiger charge is -2.33. The first-order chi connectivity index (χ1) is 11.1. The molecule has 2 aromatic heterocycles. The summed E-state index contributed by atoms with van der Waals surface area (Å²) in [5.41, 5.74) is -0.0675. The maximum Gasteiger partial charge on any atom is 0.341 e. The topological polar surface area (TPSA) is 88.3 Å². The van der Waals surface area contributed by atoms with Gasteiger partial charge in [0.15, 0.2) is 0 Å². The summed E-state index contributed by atoms with van der Waals surface area (Å²) in [6.45, 7) is 3.11. The smallest absolute Gasteiger partial charge is 0.341 e. The highest BCUT2D eigenvalue weighted by Crippen LogP contribution is 2.23. The summed E-state index contributed by atoms with van der Waals surface area (Å²) in [4.78, 5) is 34.3. The van der Waals surface area contributed by atoms with Gasteiger partial charge in [-0.15, -0.1) is 0 Å². The third kappa shape index (κ3) is 2.94. The number of pyridine rings is 1. The lowest BCUT2D eigenvalue weighted by molar-refractivity contribution is 0.0693. The molecule has 1 aliphatic heterocycles. The van der Waals surface area contributed by atoms with Crippen LogP contribution in [0.25, 0.3) is 0 Å². The Bertz CT molecular complexity index is 765. The van der Waals surface area contributed by atoms with Gasteiger partial charge in [-0.3, -0.25) is 4.79 Å². The monoisotopic (exact) mass is 314 g/mol. The van der Waals surface area contributed by atoms with E-state index in [4.69, 9.17) is 0 Å². The highest BCUT2D eigenvalue weighted by atomic mass is 16.4. The van der Waals surface area contributed by atoms with Crippen molar-refractivity contribution < 1.29 is 9.90 Å². The van der Waals surface area contributed by atoms with E-state index in [1.165, 1.54) is 0 Å². The number of rotatable bonds is 3. The normalized spacial score (nSPS) is 15.6. The maximum absolute atomic E-state index is 12.4. The number of carboxylic acid groups (broad SMARTS) is 1. The first kappa shape index (κ1) is 15.2. The number of piperidine rings is 1.